The van der Waals surface area contributed by atoms with Gasteiger partial charge in [0.05, 0.1) is 12.2 Å². The standard InChI is InChI=1S/C21H19FN4/c22-15-8-13(9-15)10-19-17-4-3-16(11-14(17)5-7-24-19)26-21-18-2-1-6-23-20(18)12-25-21/h1-7,11,13,15H,8-10,12H2,(H,25,26). The van der Waals surface area contributed by atoms with E-state index in [-0.39, 0.29) is 0 Å². The second-order valence-corrected chi connectivity index (χ2v) is 7.12. The Hall–Kier alpha value is -2.82. The highest BCUT2D eigenvalue weighted by Crippen LogP contribution is 2.34. The predicted octanol–water partition coefficient (Wildman–Crippen LogP) is 4.29. The normalized spacial score (nSPS) is 21.2. The lowest BCUT2D eigenvalue weighted by atomic mass is 9.80. The Kier molecular flexibility index (Phi) is 3.66. The molecule has 3 aromatic rings. The van der Waals surface area contributed by atoms with Crippen LogP contribution >= 0.6 is 0 Å². The van der Waals surface area contributed by atoms with Gasteiger partial charge in [0.2, 0.25) is 0 Å². The Balaban J connectivity index is 1.40. The van der Waals surface area contributed by atoms with Crippen molar-refractivity contribution in [3.8, 4) is 0 Å². The fourth-order valence-electron chi connectivity index (χ4n) is 3.84. The Morgan fingerprint density at radius 1 is 1.08 bits per heavy atom. The van der Waals surface area contributed by atoms with Gasteiger partial charge < -0.3 is 5.32 Å². The van der Waals surface area contributed by atoms with Gasteiger partial charge in [0, 0.05) is 34.7 Å². The molecule has 0 amide bonds. The highest BCUT2D eigenvalue weighted by molar-refractivity contribution is 6.10. The number of aliphatic imine (C=N–C) groups is 1. The molecule has 0 spiro atoms. The molecular formula is C21H19FN4. The van der Waals surface area contributed by atoms with E-state index >= 15 is 0 Å². The van der Waals surface area contributed by atoms with Crippen LogP contribution in [0.3, 0.4) is 0 Å². The molecule has 0 bridgehead atoms. The van der Waals surface area contributed by atoms with Crippen molar-refractivity contribution in [1.82, 2.24) is 9.97 Å². The van der Waals surface area contributed by atoms with Crippen LogP contribution in [0.5, 0.6) is 0 Å². The van der Waals surface area contributed by atoms with Gasteiger partial charge in [-0.1, -0.05) is 6.07 Å². The molecule has 1 aliphatic carbocycles. The van der Waals surface area contributed by atoms with Gasteiger partial charge in [0.15, 0.2) is 0 Å². The summed E-state index contributed by atoms with van der Waals surface area (Å²) in [6, 6.07) is 12.3. The van der Waals surface area contributed by atoms with Gasteiger partial charge in [0.25, 0.3) is 0 Å². The fraction of sp³-hybridized carbons (Fsp3) is 0.286. The topological polar surface area (TPSA) is 50.2 Å². The summed E-state index contributed by atoms with van der Waals surface area (Å²) < 4.78 is 13.1. The number of pyridine rings is 2. The Labute approximate surface area is 151 Å². The molecular weight excluding hydrogens is 327 g/mol. The molecule has 5 heteroatoms. The van der Waals surface area contributed by atoms with E-state index in [1.807, 2.05) is 24.4 Å². The largest absolute Gasteiger partial charge is 0.340 e. The van der Waals surface area contributed by atoms with Crippen molar-refractivity contribution < 1.29 is 4.39 Å². The van der Waals surface area contributed by atoms with E-state index in [0.29, 0.717) is 25.3 Å². The van der Waals surface area contributed by atoms with Crippen LogP contribution in [0.4, 0.5) is 10.1 Å². The molecule has 3 heterocycles. The van der Waals surface area contributed by atoms with Crippen molar-refractivity contribution in [1.29, 1.82) is 0 Å². The number of aromatic nitrogens is 2. The van der Waals surface area contributed by atoms with Crippen LogP contribution < -0.4 is 5.32 Å². The number of fused-ring (bicyclic) bond motifs is 2. The first-order valence-electron chi connectivity index (χ1n) is 9.04. The highest BCUT2D eigenvalue weighted by Gasteiger charge is 2.29. The van der Waals surface area contributed by atoms with Gasteiger partial charge in [-0.3, -0.25) is 15.0 Å². The molecule has 130 valence electrons. The first-order valence-corrected chi connectivity index (χ1v) is 9.04. The lowest BCUT2D eigenvalue weighted by Gasteiger charge is -2.29. The summed E-state index contributed by atoms with van der Waals surface area (Å²) in [6.45, 7) is 0.622. The molecule has 0 saturated heterocycles. The monoisotopic (exact) mass is 346 g/mol. The molecule has 26 heavy (non-hydrogen) atoms. The maximum Gasteiger partial charge on any atom is 0.135 e. The Bertz CT molecular complexity index is 1010. The van der Waals surface area contributed by atoms with Crippen LogP contribution in [0.25, 0.3) is 10.8 Å². The Morgan fingerprint density at radius 3 is 2.88 bits per heavy atom. The summed E-state index contributed by atoms with van der Waals surface area (Å²) in [7, 11) is 0. The van der Waals surface area contributed by atoms with Crippen LogP contribution in [0.15, 0.2) is 53.8 Å². The van der Waals surface area contributed by atoms with Gasteiger partial charge in [-0.15, -0.1) is 0 Å². The van der Waals surface area contributed by atoms with Gasteiger partial charge >= 0.3 is 0 Å². The minimum Gasteiger partial charge on any atom is -0.340 e. The van der Waals surface area contributed by atoms with E-state index in [1.54, 1.807) is 6.20 Å². The number of halogens is 1. The molecule has 1 N–H and O–H groups in total. The molecule has 1 saturated carbocycles. The van der Waals surface area contributed by atoms with Gasteiger partial charge in [-0.25, -0.2) is 4.39 Å². The van der Waals surface area contributed by atoms with Crippen LogP contribution in [0, 0.1) is 5.92 Å². The van der Waals surface area contributed by atoms with Crippen molar-refractivity contribution in [2.24, 2.45) is 10.9 Å². The average molecular weight is 346 g/mol. The molecule has 5 rings (SSSR count). The summed E-state index contributed by atoms with van der Waals surface area (Å²) in [6.07, 6.45) is 5.23. The number of rotatable bonds is 3. The first kappa shape index (κ1) is 15.4. The fourth-order valence-corrected chi connectivity index (χ4v) is 3.84. The second-order valence-electron chi connectivity index (χ2n) is 7.12. The zero-order valence-electron chi connectivity index (χ0n) is 14.3. The molecule has 1 aliphatic heterocycles. The van der Waals surface area contributed by atoms with Crippen molar-refractivity contribution in [3.63, 3.8) is 0 Å². The molecule has 0 unspecified atom stereocenters. The Morgan fingerprint density at radius 2 is 2.00 bits per heavy atom. The third-order valence-corrected chi connectivity index (χ3v) is 5.30. The minimum atomic E-state index is -0.615. The summed E-state index contributed by atoms with van der Waals surface area (Å²) in [5, 5.41) is 5.71. The molecule has 2 aliphatic rings. The number of nitrogens with zero attached hydrogens (tertiary/aromatic N) is 3. The lowest BCUT2D eigenvalue weighted by molar-refractivity contribution is 0.131. The van der Waals surface area contributed by atoms with E-state index in [1.165, 1.54) is 0 Å². The molecule has 0 atom stereocenters. The number of nitrogens with one attached hydrogen (secondary N) is 1. The summed E-state index contributed by atoms with van der Waals surface area (Å²) in [5.41, 5.74) is 4.14. The SMILES string of the molecule is FC1CC(Cc2nccc3cc(NC4=NCc5ncccc54)ccc23)C1. The van der Waals surface area contributed by atoms with E-state index in [4.69, 9.17) is 0 Å². The van der Waals surface area contributed by atoms with Crippen LogP contribution in [0.1, 0.15) is 29.8 Å². The summed E-state index contributed by atoms with van der Waals surface area (Å²) in [5.74, 6) is 1.29. The smallest absolute Gasteiger partial charge is 0.135 e. The summed E-state index contributed by atoms with van der Waals surface area (Å²) in [4.78, 5) is 13.5. The number of alkyl halides is 1. The number of anilines is 1. The third kappa shape index (κ3) is 2.73. The number of hydrogen-bond acceptors (Lipinski definition) is 4. The zero-order chi connectivity index (χ0) is 17.5. The number of benzene rings is 1. The average Bonchev–Trinajstić information content (AvgIpc) is 3.03. The van der Waals surface area contributed by atoms with Crippen molar-refractivity contribution in [2.75, 3.05) is 5.32 Å². The molecule has 1 fully saturated rings. The van der Waals surface area contributed by atoms with Gasteiger partial charge in [-0.2, -0.15) is 0 Å². The summed E-state index contributed by atoms with van der Waals surface area (Å²) >= 11 is 0. The second kappa shape index (κ2) is 6.16. The molecule has 1 aromatic carbocycles. The number of hydrogen-bond donors (Lipinski definition) is 1. The quantitative estimate of drug-likeness (QED) is 0.769. The van der Waals surface area contributed by atoms with E-state index in [2.05, 4.69) is 38.5 Å². The predicted molar refractivity (Wildman–Crippen MR) is 101 cm³/mol. The highest BCUT2D eigenvalue weighted by atomic mass is 19.1. The molecule has 4 nitrogen and oxygen atoms in total. The van der Waals surface area contributed by atoms with Crippen LogP contribution in [-0.4, -0.2) is 22.0 Å². The van der Waals surface area contributed by atoms with Crippen molar-refractivity contribution in [3.05, 3.63) is 65.7 Å². The van der Waals surface area contributed by atoms with Gasteiger partial charge in [0.1, 0.15) is 12.0 Å². The van der Waals surface area contributed by atoms with Gasteiger partial charge in [-0.05, 0) is 60.9 Å². The maximum atomic E-state index is 13.1. The maximum absolute atomic E-state index is 13.1. The van der Waals surface area contributed by atoms with Crippen LogP contribution in [-0.2, 0) is 13.0 Å². The molecule has 2 aromatic heterocycles. The van der Waals surface area contributed by atoms with E-state index in [9.17, 15) is 4.39 Å². The van der Waals surface area contributed by atoms with E-state index < -0.39 is 6.17 Å². The van der Waals surface area contributed by atoms with E-state index in [0.717, 1.165) is 45.7 Å². The zero-order valence-corrected chi connectivity index (χ0v) is 14.3. The first-order chi connectivity index (χ1) is 12.8. The van der Waals surface area contributed by atoms with Crippen molar-refractivity contribution >= 4 is 22.3 Å². The van der Waals surface area contributed by atoms with Crippen LogP contribution in [0.2, 0.25) is 0 Å². The molecule has 0 radical (unpaired) electrons. The third-order valence-electron chi connectivity index (χ3n) is 5.30. The lowest BCUT2D eigenvalue weighted by Crippen LogP contribution is -2.26. The number of amidine groups is 1. The minimum absolute atomic E-state index is 0.428. The van der Waals surface area contributed by atoms with Crippen molar-refractivity contribution in [2.45, 2.75) is 32.0 Å².